The summed E-state index contributed by atoms with van der Waals surface area (Å²) in [6.45, 7) is 0. The molecule has 104 valence electrons. The van der Waals surface area contributed by atoms with Gasteiger partial charge in [0.05, 0.1) is 15.7 Å². The maximum atomic E-state index is 6.20. The second-order valence-corrected chi connectivity index (χ2v) is 6.39. The zero-order valence-corrected chi connectivity index (χ0v) is 14.6. The summed E-state index contributed by atoms with van der Waals surface area (Å²) >= 11 is 26.6. The first-order chi connectivity index (χ1) is 9.40. The van der Waals surface area contributed by atoms with Crippen LogP contribution in [0.3, 0.4) is 0 Å². The average Bonchev–Trinajstić information content (AvgIpc) is 2.41. The number of halogens is 4. The Morgan fingerprint density at radius 2 is 1.70 bits per heavy atom. The quantitative estimate of drug-likeness (QED) is 0.497. The lowest BCUT2D eigenvalue weighted by molar-refractivity contribution is 1.51. The van der Waals surface area contributed by atoms with Crippen LogP contribution in [-0.2, 0) is 0 Å². The highest BCUT2D eigenvalue weighted by atomic mass is 79.9. The van der Waals surface area contributed by atoms with E-state index in [-0.39, 0.29) is 4.99 Å². The number of nitrogens with one attached hydrogen (secondary N) is 1. The molecule has 3 N–H and O–H groups in total. The molecule has 2 aromatic carbocycles. The molecule has 0 unspecified atom stereocenters. The van der Waals surface area contributed by atoms with Crippen molar-refractivity contribution in [3.63, 3.8) is 0 Å². The highest BCUT2D eigenvalue weighted by molar-refractivity contribution is 9.10. The summed E-state index contributed by atoms with van der Waals surface area (Å²) in [6, 6.07) is 8.81. The maximum absolute atomic E-state index is 6.20. The molecule has 0 saturated heterocycles. The lowest BCUT2D eigenvalue weighted by atomic mass is 10.1. The third kappa shape index (κ3) is 3.38. The van der Waals surface area contributed by atoms with Crippen molar-refractivity contribution in [2.75, 3.05) is 5.32 Å². The highest BCUT2D eigenvalue weighted by Crippen LogP contribution is 2.37. The number of thiocarbonyl (C=S) groups is 1. The van der Waals surface area contributed by atoms with Gasteiger partial charge < -0.3 is 11.1 Å². The number of hydrogen-bond acceptors (Lipinski definition) is 2. The Hall–Kier alpha value is -0.520. The molecule has 0 saturated carbocycles. The van der Waals surface area contributed by atoms with Crippen LogP contribution in [0.2, 0.25) is 15.1 Å². The van der Waals surface area contributed by atoms with Crippen molar-refractivity contribution in [1.82, 2.24) is 0 Å². The van der Waals surface area contributed by atoms with Crippen LogP contribution in [0.4, 0.5) is 11.4 Å². The fraction of sp³-hybridized carbons (Fsp3) is 0. The molecule has 0 spiro atoms. The number of anilines is 2. The lowest BCUT2D eigenvalue weighted by Gasteiger charge is -2.14. The minimum absolute atomic E-state index is 0.245. The smallest absolute Gasteiger partial charge is 0.106 e. The molecule has 0 aliphatic heterocycles. The van der Waals surface area contributed by atoms with E-state index in [1.807, 2.05) is 0 Å². The van der Waals surface area contributed by atoms with Crippen molar-refractivity contribution in [2.45, 2.75) is 0 Å². The predicted octanol–water partition coefficient (Wildman–Crippen LogP) is 5.79. The van der Waals surface area contributed by atoms with E-state index in [0.29, 0.717) is 32.0 Å². The Morgan fingerprint density at radius 1 is 1.05 bits per heavy atom. The predicted molar refractivity (Wildman–Crippen MR) is 94.8 cm³/mol. The van der Waals surface area contributed by atoms with Gasteiger partial charge in [-0.3, -0.25) is 0 Å². The van der Waals surface area contributed by atoms with Gasteiger partial charge in [-0.2, -0.15) is 0 Å². The zero-order chi connectivity index (χ0) is 14.9. The Morgan fingerprint density at radius 3 is 2.35 bits per heavy atom. The van der Waals surface area contributed by atoms with Gasteiger partial charge in [0.25, 0.3) is 0 Å². The van der Waals surface area contributed by atoms with Crippen LogP contribution < -0.4 is 11.1 Å². The molecule has 0 heterocycles. The van der Waals surface area contributed by atoms with E-state index >= 15 is 0 Å². The van der Waals surface area contributed by atoms with E-state index in [1.165, 1.54) is 0 Å². The van der Waals surface area contributed by atoms with Gasteiger partial charge in [-0.05, 0) is 46.3 Å². The summed E-state index contributed by atoms with van der Waals surface area (Å²) < 4.78 is 0.723. The van der Waals surface area contributed by atoms with Crippen molar-refractivity contribution in [3.8, 4) is 0 Å². The summed E-state index contributed by atoms with van der Waals surface area (Å²) in [7, 11) is 0. The molecule has 20 heavy (non-hydrogen) atoms. The number of benzene rings is 2. The Labute approximate surface area is 145 Å². The zero-order valence-electron chi connectivity index (χ0n) is 9.88. The monoisotopic (exact) mass is 408 g/mol. The first kappa shape index (κ1) is 15.9. The minimum atomic E-state index is 0.245. The van der Waals surface area contributed by atoms with E-state index < -0.39 is 0 Å². The summed E-state index contributed by atoms with van der Waals surface area (Å²) in [5.74, 6) is 0. The molecule has 0 bridgehead atoms. The number of rotatable bonds is 3. The SMILES string of the molecule is NC(=S)c1cc(Cl)ccc1Nc1ccc(Br)c(Cl)c1Cl. The Kier molecular flexibility index (Phi) is 5.15. The third-order valence-electron chi connectivity index (χ3n) is 2.55. The maximum Gasteiger partial charge on any atom is 0.106 e. The van der Waals surface area contributed by atoms with Gasteiger partial charge in [0.2, 0.25) is 0 Å². The van der Waals surface area contributed by atoms with Crippen LogP contribution in [-0.4, -0.2) is 4.99 Å². The van der Waals surface area contributed by atoms with Crippen LogP contribution in [0.25, 0.3) is 0 Å². The van der Waals surface area contributed by atoms with Crippen LogP contribution in [0.5, 0.6) is 0 Å². The van der Waals surface area contributed by atoms with Crippen LogP contribution in [0.15, 0.2) is 34.8 Å². The molecule has 0 amide bonds. The van der Waals surface area contributed by atoms with Crippen LogP contribution >= 0.6 is 63.0 Å². The molecule has 0 aliphatic carbocycles. The topological polar surface area (TPSA) is 38.0 Å². The van der Waals surface area contributed by atoms with Crippen molar-refractivity contribution in [1.29, 1.82) is 0 Å². The molecular formula is C13H8BrCl3N2S. The van der Waals surface area contributed by atoms with E-state index in [0.717, 1.165) is 4.47 Å². The van der Waals surface area contributed by atoms with Gasteiger partial charge in [0, 0.05) is 20.7 Å². The molecular weight excluding hydrogens is 402 g/mol. The first-order valence-corrected chi connectivity index (χ1v) is 7.73. The second-order valence-electron chi connectivity index (χ2n) is 3.90. The highest BCUT2D eigenvalue weighted by Gasteiger charge is 2.11. The molecule has 0 atom stereocenters. The van der Waals surface area contributed by atoms with Gasteiger partial charge in [-0.15, -0.1) is 0 Å². The molecule has 0 aliphatic rings. The molecule has 0 fully saturated rings. The van der Waals surface area contributed by atoms with E-state index in [1.54, 1.807) is 30.3 Å². The number of hydrogen-bond donors (Lipinski definition) is 2. The third-order valence-corrected chi connectivity index (χ3v) is 4.78. The fourth-order valence-electron chi connectivity index (χ4n) is 1.60. The van der Waals surface area contributed by atoms with Gasteiger partial charge >= 0.3 is 0 Å². The summed E-state index contributed by atoms with van der Waals surface area (Å²) in [5, 5.41) is 4.55. The molecule has 2 nitrogen and oxygen atoms in total. The van der Waals surface area contributed by atoms with Gasteiger partial charge in [0.15, 0.2) is 0 Å². The Balaban J connectivity index is 2.45. The number of nitrogens with two attached hydrogens (primary N) is 1. The minimum Gasteiger partial charge on any atom is -0.389 e. The molecule has 0 radical (unpaired) electrons. The van der Waals surface area contributed by atoms with Crippen LogP contribution in [0.1, 0.15) is 5.56 Å². The van der Waals surface area contributed by atoms with Gasteiger partial charge in [-0.1, -0.05) is 47.0 Å². The van der Waals surface area contributed by atoms with E-state index in [4.69, 9.17) is 52.8 Å². The molecule has 0 aromatic heterocycles. The average molecular weight is 411 g/mol. The first-order valence-electron chi connectivity index (χ1n) is 5.40. The summed E-state index contributed by atoms with van der Waals surface area (Å²) in [4.78, 5) is 0.245. The molecule has 2 aromatic rings. The summed E-state index contributed by atoms with van der Waals surface area (Å²) in [6.07, 6.45) is 0. The lowest BCUT2D eigenvalue weighted by Crippen LogP contribution is -2.12. The van der Waals surface area contributed by atoms with Crippen molar-refractivity contribution < 1.29 is 0 Å². The van der Waals surface area contributed by atoms with Gasteiger partial charge in [0.1, 0.15) is 4.99 Å². The van der Waals surface area contributed by atoms with E-state index in [9.17, 15) is 0 Å². The standard InChI is InChI=1S/C13H8BrCl3N2S/c14-8-2-4-10(12(17)11(8)16)19-9-3-1-6(15)5-7(9)13(18)20/h1-5,19H,(H2,18,20). The normalized spacial score (nSPS) is 10.4. The van der Waals surface area contributed by atoms with Gasteiger partial charge in [-0.25, -0.2) is 0 Å². The van der Waals surface area contributed by atoms with Crippen molar-refractivity contribution in [3.05, 3.63) is 55.4 Å². The molecule has 2 rings (SSSR count). The Bertz CT molecular complexity index is 692. The van der Waals surface area contributed by atoms with Crippen molar-refractivity contribution >= 4 is 79.3 Å². The van der Waals surface area contributed by atoms with Crippen molar-refractivity contribution in [2.24, 2.45) is 5.73 Å². The summed E-state index contributed by atoms with van der Waals surface area (Å²) in [5.41, 5.74) is 7.70. The second kappa shape index (κ2) is 6.50. The van der Waals surface area contributed by atoms with E-state index in [2.05, 4.69) is 21.2 Å². The molecule has 7 heteroatoms. The van der Waals surface area contributed by atoms with Crippen LogP contribution in [0, 0.1) is 0 Å². The largest absolute Gasteiger partial charge is 0.389 e. The fourth-order valence-corrected chi connectivity index (χ4v) is 2.76.